The van der Waals surface area contributed by atoms with E-state index in [4.69, 9.17) is 13.6 Å². The average Bonchev–Trinajstić information content (AvgIpc) is 3.62. The molecule has 0 aliphatic carbocycles. The van der Waals surface area contributed by atoms with E-state index < -0.39 is 0 Å². The van der Waals surface area contributed by atoms with Gasteiger partial charge < -0.3 is 23.8 Å². The van der Waals surface area contributed by atoms with E-state index >= 15 is 0 Å². The molecule has 1 unspecified atom stereocenters. The number of carbonyl (C=O) groups is 2. The lowest BCUT2D eigenvalue weighted by Crippen LogP contribution is -2.40. The molecule has 4 aromatic rings. The minimum Gasteiger partial charge on any atom is -0.486 e. The van der Waals surface area contributed by atoms with Crippen LogP contribution in [0, 0.1) is 0 Å². The van der Waals surface area contributed by atoms with Crippen LogP contribution in [-0.4, -0.2) is 23.3 Å². The molecule has 0 radical (unpaired) electrons. The van der Waals surface area contributed by atoms with Crippen LogP contribution in [0.3, 0.4) is 0 Å². The van der Waals surface area contributed by atoms with Crippen LogP contribution in [-0.2, 0) is 24.4 Å². The zero-order chi connectivity index (χ0) is 24.9. The van der Waals surface area contributed by atoms with Crippen molar-refractivity contribution >= 4 is 11.8 Å². The summed E-state index contributed by atoms with van der Waals surface area (Å²) in [7, 11) is 0. The maximum Gasteiger partial charge on any atom is 0.287 e. The fraction of sp³-hybridized carbons (Fsp3) is 0.241. The predicted octanol–water partition coefficient (Wildman–Crippen LogP) is 5.27. The number of ether oxygens (including phenoxy) is 1. The number of rotatable bonds is 8. The van der Waals surface area contributed by atoms with Gasteiger partial charge in [0.25, 0.3) is 5.91 Å². The molecular formula is C29H28N2O5. The van der Waals surface area contributed by atoms with Crippen molar-refractivity contribution in [3.8, 4) is 5.75 Å². The van der Waals surface area contributed by atoms with Crippen LogP contribution >= 0.6 is 0 Å². The van der Waals surface area contributed by atoms with Gasteiger partial charge >= 0.3 is 0 Å². The van der Waals surface area contributed by atoms with Gasteiger partial charge in [-0.25, -0.2) is 0 Å². The molecule has 1 atom stereocenters. The first kappa shape index (κ1) is 23.5. The lowest BCUT2D eigenvalue weighted by molar-refractivity contribution is -0.132. The molecular weight excluding hydrogens is 456 g/mol. The molecule has 1 N–H and O–H groups in total. The summed E-state index contributed by atoms with van der Waals surface area (Å²) in [6.45, 7) is 3.05. The van der Waals surface area contributed by atoms with Crippen LogP contribution in [0.4, 0.5) is 0 Å². The SMILES string of the molecule is CCC(=O)N1CCc2ccc(OCc3ccc(C(=O)NCc4ccco4)o3)cc2C1c1ccccc1. The molecule has 0 saturated heterocycles. The van der Waals surface area contributed by atoms with E-state index in [2.05, 4.69) is 23.5 Å². The largest absolute Gasteiger partial charge is 0.486 e. The molecule has 2 aromatic heterocycles. The highest BCUT2D eigenvalue weighted by Gasteiger charge is 2.31. The third-order valence-electron chi connectivity index (χ3n) is 6.35. The van der Waals surface area contributed by atoms with E-state index in [1.807, 2.05) is 42.2 Å². The number of hydrogen-bond acceptors (Lipinski definition) is 5. The number of carbonyl (C=O) groups excluding carboxylic acids is 2. The maximum absolute atomic E-state index is 12.8. The van der Waals surface area contributed by atoms with Crippen molar-refractivity contribution in [3.05, 3.63) is 113 Å². The minimum absolute atomic E-state index is 0.134. The summed E-state index contributed by atoms with van der Waals surface area (Å²) in [5, 5.41) is 2.76. The van der Waals surface area contributed by atoms with Crippen LogP contribution in [0.25, 0.3) is 0 Å². The Hall–Kier alpha value is -4.26. The molecule has 0 spiro atoms. The first-order valence-electron chi connectivity index (χ1n) is 12.1. The quantitative estimate of drug-likeness (QED) is 0.369. The molecule has 0 bridgehead atoms. The second-order valence-electron chi connectivity index (χ2n) is 8.68. The van der Waals surface area contributed by atoms with Gasteiger partial charge in [0.2, 0.25) is 5.91 Å². The van der Waals surface area contributed by atoms with Crippen molar-refractivity contribution in [3.63, 3.8) is 0 Å². The summed E-state index contributed by atoms with van der Waals surface area (Å²) in [4.78, 5) is 27.1. The first-order valence-corrected chi connectivity index (χ1v) is 12.1. The third-order valence-corrected chi connectivity index (χ3v) is 6.35. The Labute approximate surface area is 209 Å². The standard InChI is InChI=1S/C29H28N2O5/c1-2-27(32)31-15-14-20-10-11-22(17-25(20)28(31)21-7-4-3-5-8-21)35-19-24-12-13-26(36-24)29(33)30-18-23-9-6-16-34-23/h3-13,16-17,28H,2,14-15,18-19H2,1H3,(H,30,33). The molecule has 1 aliphatic heterocycles. The smallest absolute Gasteiger partial charge is 0.287 e. The summed E-state index contributed by atoms with van der Waals surface area (Å²) in [6, 6.07) is 22.9. The van der Waals surface area contributed by atoms with Gasteiger partial charge in [0.05, 0.1) is 18.8 Å². The number of furan rings is 2. The summed E-state index contributed by atoms with van der Waals surface area (Å²) < 4.78 is 16.9. The second kappa shape index (κ2) is 10.6. The van der Waals surface area contributed by atoms with Gasteiger partial charge in [-0.2, -0.15) is 0 Å². The van der Waals surface area contributed by atoms with Crippen LogP contribution in [0.2, 0.25) is 0 Å². The maximum atomic E-state index is 12.8. The summed E-state index contributed by atoms with van der Waals surface area (Å²) in [5.41, 5.74) is 3.36. The van der Waals surface area contributed by atoms with Crippen molar-refractivity contribution in [2.75, 3.05) is 6.54 Å². The number of benzene rings is 2. The zero-order valence-electron chi connectivity index (χ0n) is 20.1. The monoisotopic (exact) mass is 484 g/mol. The van der Waals surface area contributed by atoms with Gasteiger partial charge in [-0.1, -0.05) is 43.3 Å². The number of nitrogens with one attached hydrogen (secondary N) is 1. The summed E-state index contributed by atoms with van der Waals surface area (Å²) >= 11 is 0. The molecule has 0 fully saturated rings. The highest BCUT2D eigenvalue weighted by Crippen LogP contribution is 2.37. The third kappa shape index (κ3) is 5.05. The van der Waals surface area contributed by atoms with E-state index in [9.17, 15) is 9.59 Å². The Kier molecular flexibility index (Phi) is 6.89. The van der Waals surface area contributed by atoms with Gasteiger partial charge in [0.1, 0.15) is 23.9 Å². The van der Waals surface area contributed by atoms with Crippen molar-refractivity contribution in [1.82, 2.24) is 10.2 Å². The molecule has 7 nitrogen and oxygen atoms in total. The van der Waals surface area contributed by atoms with Gasteiger partial charge in [-0.05, 0) is 59.5 Å². The number of fused-ring (bicyclic) bond motifs is 1. The number of hydrogen-bond donors (Lipinski definition) is 1. The normalized spacial score (nSPS) is 14.8. The van der Waals surface area contributed by atoms with Crippen LogP contribution in [0.15, 0.2) is 87.9 Å². The lowest BCUT2D eigenvalue weighted by atomic mass is 9.87. The number of nitrogens with zero attached hydrogens (tertiary/aromatic N) is 1. The highest BCUT2D eigenvalue weighted by atomic mass is 16.5. The van der Waals surface area contributed by atoms with E-state index in [0.29, 0.717) is 30.2 Å². The van der Waals surface area contributed by atoms with E-state index in [1.54, 1.807) is 30.5 Å². The van der Waals surface area contributed by atoms with E-state index in [0.717, 1.165) is 17.5 Å². The second-order valence-corrected chi connectivity index (χ2v) is 8.68. The van der Waals surface area contributed by atoms with Gasteiger partial charge in [-0.3, -0.25) is 9.59 Å². The van der Waals surface area contributed by atoms with E-state index in [-0.39, 0.29) is 36.8 Å². The molecule has 184 valence electrons. The average molecular weight is 485 g/mol. The Morgan fingerprint density at radius 1 is 1.03 bits per heavy atom. The van der Waals surface area contributed by atoms with Crippen LogP contribution in [0.1, 0.15) is 58.2 Å². The summed E-state index contributed by atoms with van der Waals surface area (Å²) in [6.07, 6.45) is 2.83. The van der Waals surface area contributed by atoms with Crippen molar-refractivity contribution in [2.45, 2.75) is 39.0 Å². The Balaban J connectivity index is 1.30. The lowest BCUT2D eigenvalue weighted by Gasteiger charge is -2.38. The molecule has 3 heterocycles. The van der Waals surface area contributed by atoms with Crippen molar-refractivity contribution in [2.24, 2.45) is 0 Å². The molecule has 7 heteroatoms. The first-order chi connectivity index (χ1) is 17.6. The Morgan fingerprint density at radius 2 is 1.89 bits per heavy atom. The van der Waals surface area contributed by atoms with Crippen molar-refractivity contribution < 1.29 is 23.2 Å². The fourth-order valence-electron chi connectivity index (χ4n) is 4.55. The van der Waals surface area contributed by atoms with Gasteiger partial charge in [-0.15, -0.1) is 0 Å². The Morgan fingerprint density at radius 3 is 2.67 bits per heavy atom. The molecule has 2 aromatic carbocycles. The molecule has 2 amide bonds. The zero-order valence-corrected chi connectivity index (χ0v) is 20.1. The topological polar surface area (TPSA) is 84.9 Å². The van der Waals surface area contributed by atoms with Crippen LogP contribution < -0.4 is 10.1 Å². The number of amides is 2. The van der Waals surface area contributed by atoms with Crippen molar-refractivity contribution in [1.29, 1.82) is 0 Å². The molecule has 36 heavy (non-hydrogen) atoms. The van der Waals surface area contributed by atoms with E-state index in [1.165, 1.54) is 5.56 Å². The highest BCUT2D eigenvalue weighted by molar-refractivity contribution is 5.91. The summed E-state index contributed by atoms with van der Waals surface area (Å²) in [5.74, 6) is 1.91. The molecule has 5 rings (SSSR count). The van der Waals surface area contributed by atoms with Gasteiger partial charge in [0.15, 0.2) is 5.76 Å². The predicted molar refractivity (Wildman–Crippen MR) is 133 cm³/mol. The minimum atomic E-state index is -0.321. The Bertz CT molecular complexity index is 1330. The van der Waals surface area contributed by atoms with Crippen LogP contribution in [0.5, 0.6) is 5.75 Å². The molecule has 0 saturated carbocycles. The van der Waals surface area contributed by atoms with Gasteiger partial charge in [0, 0.05) is 13.0 Å². The molecule has 1 aliphatic rings. The fourth-order valence-corrected chi connectivity index (χ4v) is 4.55.